The van der Waals surface area contributed by atoms with Crippen molar-refractivity contribution >= 4 is 32.2 Å². The van der Waals surface area contributed by atoms with Gasteiger partial charge in [-0.25, -0.2) is 13.1 Å². The summed E-state index contributed by atoms with van der Waals surface area (Å²) in [7, 11) is -5.01. The second-order valence-electron chi connectivity index (χ2n) is 4.26. The van der Waals surface area contributed by atoms with Gasteiger partial charge in [0, 0.05) is 34.9 Å². The molecular formula is C11H17N3O5S2. The van der Waals surface area contributed by atoms with Crippen LogP contribution in [-0.2, 0) is 20.8 Å². The summed E-state index contributed by atoms with van der Waals surface area (Å²) < 4.78 is 37.8. The van der Waals surface area contributed by atoms with Crippen LogP contribution in [0.25, 0.3) is 0 Å². The lowest BCUT2D eigenvalue weighted by atomic mass is 10.2. The van der Waals surface area contributed by atoms with E-state index in [9.17, 15) is 22.7 Å². The number of nitrogens with one attached hydrogen (secondary N) is 1. The van der Waals surface area contributed by atoms with Crippen molar-refractivity contribution in [1.82, 2.24) is 4.72 Å². The molecule has 1 aromatic rings. The number of anilines is 1. The van der Waals surface area contributed by atoms with Crippen LogP contribution in [0.15, 0.2) is 17.0 Å². The first-order valence-corrected chi connectivity index (χ1v) is 9.05. The van der Waals surface area contributed by atoms with E-state index >= 15 is 0 Å². The number of nitrogens with zero attached hydrogens (tertiary/aromatic N) is 1. The Morgan fingerprint density at radius 3 is 2.57 bits per heavy atom. The lowest BCUT2D eigenvalue weighted by Gasteiger charge is -2.10. The lowest BCUT2D eigenvalue weighted by molar-refractivity contribution is -0.384. The second kappa shape index (κ2) is 6.96. The Bertz CT molecular complexity index is 673. The van der Waals surface area contributed by atoms with Crippen LogP contribution in [0, 0.1) is 17.0 Å². The van der Waals surface area contributed by atoms with E-state index in [0.717, 1.165) is 6.07 Å². The number of nitro benzene ring substituents is 1. The molecule has 8 nitrogen and oxygen atoms in total. The predicted octanol–water partition coefficient (Wildman–Crippen LogP) is 0.532. The highest BCUT2D eigenvalue weighted by Gasteiger charge is 2.22. The molecule has 0 heterocycles. The van der Waals surface area contributed by atoms with E-state index in [1.165, 1.54) is 13.0 Å². The van der Waals surface area contributed by atoms with E-state index in [0.29, 0.717) is 11.3 Å². The van der Waals surface area contributed by atoms with Gasteiger partial charge in [-0.1, -0.05) is 6.92 Å². The highest BCUT2D eigenvalue weighted by Crippen LogP contribution is 2.28. The van der Waals surface area contributed by atoms with E-state index in [1.807, 2.05) is 0 Å². The summed E-state index contributed by atoms with van der Waals surface area (Å²) in [5, 5.41) is 10.8. The van der Waals surface area contributed by atoms with E-state index in [1.54, 1.807) is 6.92 Å². The molecule has 0 aliphatic carbocycles. The number of benzene rings is 1. The Kier molecular flexibility index (Phi) is 5.81. The summed E-state index contributed by atoms with van der Waals surface area (Å²) in [5.41, 5.74) is 5.25. The molecule has 21 heavy (non-hydrogen) atoms. The van der Waals surface area contributed by atoms with Crippen LogP contribution >= 0.6 is 0 Å². The average molecular weight is 335 g/mol. The van der Waals surface area contributed by atoms with E-state index in [4.69, 9.17) is 5.73 Å². The Hall–Kier alpha value is -1.52. The van der Waals surface area contributed by atoms with Gasteiger partial charge in [-0.15, -0.1) is 0 Å². The molecule has 1 aromatic carbocycles. The lowest BCUT2D eigenvalue weighted by Crippen LogP contribution is -2.28. The molecule has 0 aromatic heterocycles. The standard InChI is InChI=1S/C11H17N3O5S2/c1-3-20(17)5-4-13-21(18,19)11-7-10(14(15)16)9(12)6-8(11)2/h6-7,13H,3-5,12H2,1-2H3. The molecule has 118 valence electrons. The predicted molar refractivity (Wildman–Crippen MR) is 81.0 cm³/mol. The zero-order valence-electron chi connectivity index (χ0n) is 11.7. The molecule has 0 aliphatic rings. The minimum absolute atomic E-state index is 0.000395. The molecule has 3 N–H and O–H groups in total. The fourth-order valence-corrected chi connectivity index (χ4v) is 3.68. The summed E-state index contributed by atoms with van der Waals surface area (Å²) >= 11 is 0. The molecule has 1 rings (SSSR count). The van der Waals surface area contributed by atoms with E-state index in [-0.39, 0.29) is 22.9 Å². The van der Waals surface area contributed by atoms with Gasteiger partial charge in [-0.05, 0) is 18.6 Å². The number of sulfonamides is 1. The van der Waals surface area contributed by atoms with Crippen LogP contribution in [0.4, 0.5) is 11.4 Å². The quantitative estimate of drug-likeness (QED) is 0.424. The van der Waals surface area contributed by atoms with Gasteiger partial charge in [-0.3, -0.25) is 14.3 Å². The molecule has 10 heteroatoms. The van der Waals surface area contributed by atoms with Crippen molar-refractivity contribution in [3.05, 3.63) is 27.8 Å². The fourth-order valence-electron chi connectivity index (χ4n) is 1.66. The number of rotatable bonds is 7. The van der Waals surface area contributed by atoms with Gasteiger partial charge >= 0.3 is 0 Å². The minimum Gasteiger partial charge on any atom is -0.393 e. The van der Waals surface area contributed by atoms with Crippen molar-refractivity contribution in [1.29, 1.82) is 0 Å². The molecule has 0 spiro atoms. The maximum Gasteiger partial charge on any atom is 0.293 e. The molecule has 0 radical (unpaired) electrons. The molecule has 0 bridgehead atoms. The molecule has 0 aliphatic heterocycles. The monoisotopic (exact) mass is 335 g/mol. The molecule has 0 amide bonds. The number of aryl methyl sites for hydroxylation is 1. The molecular weight excluding hydrogens is 318 g/mol. The second-order valence-corrected chi connectivity index (χ2v) is 7.86. The van der Waals surface area contributed by atoms with Crippen molar-refractivity contribution in [3.8, 4) is 0 Å². The number of nitrogen functional groups attached to an aromatic ring is 1. The van der Waals surface area contributed by atoms with Crippen LogP contribution in [0.1, 0.15) is 12.5 Å². The fraction of sp³-hybridized carbons (Fsp3) is 0.455. The summed E-state index contributed by atoms with van der Waals surface area (Å²) in [5.74, 6) is 0.625. The Morgan fingerprint density at radius 2 is 2.05 bits per heavy atom. The van der Waals surface area contributed by atoms with Crippen molar-refractivity contribution in [3.63, 3.8) is 0 Å². The Balaban J connectivity index is 3.05. The summed E-state index contributed by atoms with van der Waals surface area (Å²) in [6.07, 6.45) is 0. The van der Waals surface area contributed by atoms with Crippen LogP contribution in [-0.4, -0.2) is 35.6 Å². The first kappa shape index (κ1) is 17.5. The molecule has 1 atom stereocenters. The van der Waals surface area contributed by atoms with Crippen LogP contribution in [0.3, 0.4) is 0 Å². The minimum atomic E-state index is -3.91. The maximum absolute atomic E-state index is 12.1. The average Bonchev–Trinajstić information content (AvgIpc) is 2.37. The summed E-state index contributed by atoms with van der Waals surface area (Å²) in [4.78, 5) is 9.89. The third-order valence-corrected chi connectivity index (χ3v) is 5.66. The molecule has 0 fully saturated rings. The highest BCUT2D eigenvalue weighted by molar-refractivity contribution is 7.89. The first-order valence-electron chi connectivity index (χ1n) is 6.08. The summed E-state index contributed by atoms with van der Waals surface area (Å²) in [6, 6.07) is 2.18. The van der Waals surface area contributed by atoms with Crippen LogP contribution in [0.5, 0.6) is 0 Å². The van der Waals surface area contributed by atoms with Crippen LogP contribution in [0.2, 0.25) is 0 Å². The SMILES string of the molecule is CCS(=O)CCNS(=O)(=O)c1cc([N+](=O)[O-])c(N)cc1C. The Labute approximate surface area is 125 Å². The third-order valence-electron chi connectivity index (χ3n) is 2.75. The van der Waals surface area contributed by atoms with Gasteiger partial charge < -0.3 is 5.73 Å². The normalized spacial score (nSPS) is 13.0. The van der Waals surface area contributed by atoms with Crippen molar-refractivity contribution < 1.29 is 17.6 Å². The van der Waals surface area contributed by atoms with Gasteiger partial charge in [0.05, 0.1) is 9.82 Å². The Morgan fingerprint density at radius 1 is 1.43 bits per heavy atom. The van der Waals surface area contributed by atoms with Crippen molar-refractivity contribution in [2.24, 2.45) is 0 Å². The largest absolute Gasteiger partial charge is 0.393 e. The molecule has 0 saturated heterocycles. The number of nitrogens with two attached hydrogens (primary N) is 1. The first-order chi connectivity index (χ1) is 9.69. The van der Waals surface area contributed by atoms with Gasteiger partial charge in [0.2, 0.25) is 10.0 Å². The third kappa shape index (κ3) is 4.48. The van der Waals surface area contributed by atoms with Gasteiger partial charge in [0.15, 0.2) is 0 Å². The zero-order chi connectivity index (χ0) is 16.2. The number of hydrogen-bond donors (Lipinski definition) is 2. The summed E-state index contributed by atoms with van der Waals surface area (Å²) in [6.45, 7) is 3.23. The topological polar surface area (TPSA) is 132 Å². The smallest absolute Gasteiger partial charge is 0.293 e. The molecule has 0 saturated carbocycles. The van der Waals surface area contributed by atoms with Crippen LogP contribution < -0.4 is 10.5 Å². The van der Waals surface area contributed by atoms with E-state index < -0.39 is 31.4 Å². The maximum atomic E-state index is 12.1. The van der Waals surface area contributed by atoms with Crippen molar-refractivity contribution in [2.75, 3.05) is 23.8 Å². The number of nitro groups is 1. The highest BCUT2D eigenvalue weighted by atomic mass is 32.2. The number of hydrogen-bond acceptors (Lipinski definition) is 6. The zero-order valence-corrected chi connectivity index (χ0v) is 13.3. The van der Waals surface area contributed by atoms with E-state index in [2.05, 4.69) is 4.72 Å². The van der Waals surface area contributed by atoms with Gasteiger partial charge in [0.1, 0.15) is 5.69 Å². The van der Waals surface area contributed by atoms with Crippen molar-refractivity contribution in [2.45, 2.75) is 18.7 Å². The molecule has 1 unspecified atom stereocenters. The van der Waals surface area contributed by atoms with Gasteiger partial charge in [-0.2, -0.15) is 0 Å². The van der Waals surface area contributed by atoms with Gasteiger partial charge in [0.25, 0.3) is 5.69 Å².